The lowest BCUT2D eigenvalue weighted by molar-refractivity contribution is 0.0935. The van der Waals surface area contributed by atoms with Crippen LogP contribution in [0.5, 0.6) is 0 Å². The smallest absolute Gasteiger partial charge is 0.264 e. The van der Waals surface area contributed by atoms with Crippen LogP contribution in [0.15, 0.2) is 77.7 Å². The van der Waals surface area contributed by atoms with E-state index in [0.717, 1.165) is 17.5 Å². The Kier molecular flexibility index (Phi) is 6.81. The fourth-order valence-corrected chi connectivity index (χ4v) is 4.76. The molecule has 0 saturated carbocycles. The Balaban J connectivity index is 1.82. The van der Waals surface area contributed by atoms with Crippen molar-refractivity contribution in [3.05, 3.63) is 95.1 Å². The quantitative estimate of drug-likeness (QED) is 0.566. The zero-order valence-corrected chi connectivity index (χ0v) is 19.1. The summed E-state index contributed by atoms with van der Waals surface area (Å²) in [6.45, 7) is 5.74. The maximum atomic E-state index is 13.0. The van der Waals surface area contributed by atoms with Crippen molar-refractivity contribution in [1.29, 1.82) is 0 Å². The van der Waals surface area contributed by atoms with Crippen LogP contribution in [0.2, 0.25) is 0 Å². The second-order valence-electron chi connectivity index (χ2n) is 7.63. The van der Waals surface area contributed by atoms with E-state index in [1.807, 2.05) is 51.1 Å². The van der Waals surface area contributed by atoms with Crippen LogP contribution in [0.1, 0.15) is 46.4 Å². The van der Waals surface area contributed by atoms with Crippen LogP contribution in [-0.4, -0.2) is 21.4 Å². The van der Waals surface area contributed by atoms with E-state index in [4.69, 9.17) is 0 Å². The molecular weight excluding hydrogens is 408 g/mol. The van der Waals surface area contributed by atoms with Gasteiger partial charge in [0.2, 0.25) is 0 Å². The fourth-order valence-electron chi connectivity index (χ4n) is 3.50. The van der Waals surface area contributed by atoms with Crippen molar-refractivity contribution in [2.75, 3.05) is 11.4 Å². The predicted molar refractivity (Wildman–Crippen MR) is 125 cm³/mol. The summed E-state index contributed by atoms with van der Waals surface area (Å²) in [5.41, 5.74) is 3.78. The van der Waals surface area contributed by atoms with Gasteiger partial charge in [0.1, 0.15) is 0 Å². The van der Waals surface area contributed by atoms with Crippen molar-refractivity contribution in [2.24, 2.45) is 0 Å². The highest BCUT2D eigenvalue weighted by atomic mass is 32.2. The molecule has 3 rings (SSSR count). The van der Waals surface area contributed by atoms with E-state index in [-0.39, 0.29) is 16.8 Å². The molecule has 0 aliphatic rings. The first-order valence-electron chi connectivity index (χ1n) is 10.3. The molecule has 6 heteroatoms. The molecule has 0 aliphatic heterocycles. The number of carbonyl (C=O) groups excluding carboxylic acids is 1. The van der Waals surface area contributed by atoms with Crippen LogP contribution in [0.3, 0.4) is 0 Å². The molecule has 0 fully saturated rings. The van der Waals surface area contributed by atoms with Gasteiger partial charge in [0.25, 0.3) is 15.9 Å². The maximum absolute atomic E-state index is 13.0. The summed E-state index contributed by atoms with van der Waals surface area (Å²) in [5, 5.41) is 3.07. The molecular formula is C25H28N2O3S. The van der Waals surface area contributed by atoms with E-state index < -0.39 is 10.0 Å². The van der Waals surface area contributed by atoms with Crippen molar-refractivity contribution in [3.8, 4) is 0 Å². The van der Waals surface area contributed by atoms with E-state index in [9.17, 15) is 13.2 Å². The Hall–Kier alpha value is -3.12. The first kappa shape index (κ1) is 22.6. The molecule has 162 valence electrons. The number of nitrogens with one attached hydrogen (secondary N) is 1. The molecule has 1 amide bonds. The Bertz CT molecular complexity index is 1160. The minimum atomic E-state index is -3.69. The number of benzene rings is 3. The first-order chi connectivity index (χ1) is 14.7. The minimum Gasteiger partial charge on any atom is -0.345 e. The zero-order valence-electron chi connectivity index (χ0n) is 18.3. The summed E-state index contributed by atoms with van der Waals surface area (Å²) in [5.74, 6) is -0.186. The fraction of sp³-hybridized carbons (Fsp3) is 0.240. The number of nitrogens with zero attached hydrogens (tertiary/aromatic N) is 1. The highest BCUT2D eigenvalue weighted by Gasteiger charge is 2.23. The van der Waals surface area contributed by atoms with Crippen molar-refractivity contribution >= 4 is 21.6 Å². The number of carbonyl (C=O) groups is 1. The Morgan fingerprint density at radius 3 is 2.19 bits per heavy atom. The normalized spacial score (nSPS) is 12.3. The lowest BCUT2D eigenvalue weighted by Gasteiger charge is -2.22. The molecule has 0 bridgehead atoms. The van der Waals surface area contributed by atoms with E-state index >= 15 is 0 Å². The standard InChI is InChI=1S/C25H28N2O3S/c1-5-23(20-9-7-6-8-10-20)26-25(28)21-13-16-24(19(3)17-21)27(4)31(29,30)22-14-11-18(2)12-15-22/h6-17,23H,5H2,1-4H3,(H,26,28)/t23-/m1/s1. The third-order valence-electron chi connectivity index (χ3n) is 5.39. The van der Waals surface area contributed by atoms with Gasteiger partial charge in [-0.2, -0.15) is 0 Å². The molecule has 31 heavy (non-hydrogen) atoms. The molecule has 0 aliphatic carbocycles. The summed E-state index contributed by atoms with van der Waals surface area (Å²) in [4.78, 5) is 13.1. The molecule has 5 nitrogen and oxygen atoms in total. The number of rotatable bonds is 7. The van der Waals surface area contributed by atoms with Crippen LogP contribution in [-0.2, 0) is 10.0 Å². The molecule has 1 atom stereocenters. The van der Waals surface area contributed by atoms with E-state index in [1.165, 1.54) is 11.4 Å². The van der Waals surface area contributed by atoms with Crippen LogP contribution >= 0.6 is 0 Å². The highest BCUT2D eigenvalue weighted by Crippen LogP contribution is 2.27. The van der Waals surface area contributed by atoms with Gasteiger partial charge in [-0.25, -0.2) is 8.42 Å². The molecule has 3 aromatic rings. The SMILES string of the molecule is CC[C@@H](NC(=O)c1ccc(N(C)S(=O)(=O)c2ccc(C)cc2)c(C)c1)c1ccccc1. The van der Waals surface area contributed by atoms with Gasteiger partial charge in [0.15, 0.2) is 0 Å². The van der Waals surface area contributed by atoms with Crippen LogP contribution < -0.4 is 9.62 Å². The Labute approximate surface area is 184 Å². The van der Waals surface area contributed by atoms with E-state index in [1.54, 1.807) is 42.5 Å². The molecule has 0 radical (unpaired) electrons. The van der Waals surface area contributed by atoms with Gasteiger partial charge in [-0.3, -0.25) is 9.10 Å². The highest BCUT2D eigenvalue weighted by molar-refractivity contribution is 7.92. The monoisotopic (exact) mass is 436 g/mol. The second kappa shape index (κ2) is 9.35. The summed E-state index contributed by atoms with van der Waals surface area (Å²) in [6.07, 6.45) is 0.768. The number of hydrogen-bond donors (Lipinski definition) is 1. The number of amides is 1. The van der Waals surface area contributed by atoms with Crippen molar-refractivity contribution in [1.82, 2.24) is 5.32 Å². The zero-order chi connectivity index (χ0) is 22.6. The first-order valence-corrected chi connectivity index (χ1v) is 11.7. The molecule has 0 aromatic heterocycles. The molecule has 0 heterocycles. The lowest BCUT2D eigenvalue weighted by atomic mass is 10.0. The van der Waals surface area contributed by atoms with Crippen molar-refractivity contribution < 1.29 is 13.2 Å². The molecule has 0 unspecified atom stereocenters. The van der Waals surface area contributed by atoms with Crippen molar-refractivity contribution in [2.45, 2.75) is 38.1 Å². The number of anilines is 1. The van der Waals surface area contributed by atoms with Crippen LogP contribution in [0, 0.1) is 13.8 Å². The third-order valence-corrected chi connectivity index (χ3v) is 7.18. The Morgan fingerprint density at radius 2 is 1.61 bits per heavy atom. The van der Waals surface area contributed by atoms with Gasteiger partial charge in [0, 0.05) is 12.6 Å². The average molecular weight is 437 g/mol. The number of hydrogen-bond acceptors (Lipinski definition) is 3. The summed E-state index contributed by atoms with van der Waals surface area (Å²) < 4.78 is 27.3. The molecule has 0 saturated heterocycles. The van der Waals surface area contributed by atoms with Gasteiger partial charge in [-0.05, 0) is 61.7 Å². The Morgan fingerprint density at radius 1 is 0.968 bits per heavy atom. The van der Waals surface area contributed by atoms with Crippen LogP contribution in [0.25, 0.3) is 0 Å². The average Bonchev–Trinajstić information content (AvgIpc) is 2.77. The topological polar surface area (TPSA) is 66.5 Å². The van der Waals surface area contributed by atoms with Gasteiger partial charge in [-0.1, -0.05) is 55.0 Å². The molecule has 0 spiro atoms. The van der Waals surface area contributed by atoms with Crippen molar-refractivity contribution in [3.63, 3.8) is 0 Å². The van der Waals surface area contributed by atoms with Gasteiger partial charge in [-0.15, -0.1) is 0 Å². The van der Waals surface area contributed by atoms with Gasteiger partial charge >= 0.3 is 0 Å². The third kappa shape index (κ3) is 4.97. The van der Waals surface area contributed by atoms with Gasteiger partial charge in [0.05, 0.1) is 16.6 Å². The number of sulfonamides is 1. The second-order valence-corrected chi connectivity index (χ2v) is 9.60. The molecule has 3 aromatic carbocycles. The maximum Gasteiger partial charge on any atom is 0.264 e. The number of aryl methyl sites for hydroxylation is 2. The van der Waals surface area contributed by atoms with E-state index in [0.29, 0.717) is 16.8 Å². The molecule has 1 N–H and O–H groups in total. The minimum absolute atomic E-state index is 0.0849. The summed E-state index contributed by atoms with van der Waals surface area (Å²) >= 11 is 0. The summed E-state index contributed by atoms with van der Waals surface area (Å²) in [7, 11) is -2.16. The largest absolute Gasteiger partial charge is 0.345 e. The van der Waals surface area contributed by atoms with Crippen LogP contribution in [0.4, 0.5) is 5.69 Å². The predicted octanol–water partition coefficient (Wildman–Crippen LogP) is 5.01. The van der Waals surface area contributed by atoms with Gasteiger partial charge < -0.3 is 5.32 Å². The van der Waals surface area contributed by atoms with E-state index in [2.05, 4.69) is 5.32 Å². The lowest BCUT2D eigenvalue weighted by Crippen LogP contribution is -2.29. The summed E-state index contributed by atoms with van der Waals surface area (Å²) in [6, 6.07) is 21.6.